The van der Waals surface area contributed by atoms with Crippen molar-refractivity contribution in [2.24, 2.45) is 5.10 Å². The molecule has 0 heterocycles. The number of esters is 1. The van der Waals surface area contributed by atoms with Gasteiger partial charge >= 0.3 is 5.97 Å². The van der Waals surface area contributed by atoms with Crippen molar-refractivity contribution in [3.05, 3.63) is 76.9 Å². The van der Waals surface area contributed by atoms with Gasteiger partial charge in [0.1, 0.15) is 11.5 Å². The van der Waals surface area contributed by atoms with Gasteiger partial charge in [-0.1, -0.05) is 24.3 Å². The lowest BCUT2D eigenvalue weighted by molar-refractivity contribution is -0.123. The summed E-state index contributed by atoms with van der Waals surface area (Å²) in [7, 11) is 4.39. The summed E-state index contributed by atoms with van der Waals surface area (Å²) in [6, 6.07) is 15.4. The fourth-order valence-electron chi connectivity index (χ4n) is 3.27. The van der Waals surface area contributed by atoms with E-state index in [2.05, 4.69) is 10.5 Å². The van der Waals surface area contributed by atoms with Crippen LogP contribution >= 0.6 is 0 Å². The molecule has 9 heteroatoms. The molecule has 3 rings (SSSR count). The zero-order chi connectivity index (χ0) is 26.1. The SMILES string of the molecule is COc1cc(C(=O)Oc2ccccc2/C=N\NC(=O)COc2cccc(C)c2C)cc(OC)c1OC. The van der Waals surface area contributed by atoms with Gasteiger partial charge in [0.05, 0.1) is 33.1 Å². The first-order valence-electron chi connectivity index (χ1n) is 11.0. The summed E-state index contributed by atoms with van der Waals surface area (Å²) in [4.78, 5) is 25.0. The van der Waals surface area contributed by atoms with Gasteiger partial charge in [-0.25, -0.2) is 10.2 Å². The van der Waals surface area contributed by atoms with Crippen molar-refractivity contribution in [3.8, 4) is 28.7 Å². The minimum Gasteiger partial charge on any atom is -0.493 e. The molecule has 36 heavy (non-hydrogen) atoms. The van der Waals surface area contributed by atoms with E-state index in [-0.39, 0.29) is 17.9 Å². The zero-order valence-corrected chi connectivity index (χ0v) is 20.8. The zero-order valence-electron chi connectivity index (χ0n) is 20.8. The summed E-state index contributed by atoms with van der Waals surface area (Å²) in [6.45, 7) is 3.70. The van der Waals surface area contributed by atoms with Gasteiger partial charge in [0.15, 0.2) is 18.1 Å². The third kappa shape index (κ3) is 6.32. The monoisotopic (exact) mass is 492 g/mol. The van der Waals surface area contributed by atoms with Crippen LogP contribution in [-0.4, -0.2) is 46.0 Å². The predicted octanol–water partition coefficient (Wildman–Crippen LogP) is 4.08. The number of carbonyl (C=O) groups is 2. The maximum atomic E-state index is 12.9. The van der Waals surface area contributed by atoms with Crippen molar-refractivity contribution >= 4 is 18.1 Å². The van der Waals surface area contributed by atoms with Crippen LogP contribution in [0, 0.1) is 13.8 Å². The number of hydrogen-bond acceptors (Lipinski definition) is 8. The van der Waals surface area contributed by atoms with E-state index in [1.54, 1.807) is 30.3 Å². The Hall–Kier alpha value is -4.53. The van der Waals surface area contributed by atoms with Crippen LogP contribution in [-0.2, 0) is 4.79 Å². The van der Waals surface area contributed by atoms with E-state index in [1.165, 1.54) is 39.7 Å². The number of carbonyl (C=O) groups excluding carboxylic acids is 2. The van der Waals surface area contributed by atoms with E-state index in [4.69, 9.17) is 23.7 Å². The minimum atomic E-state index is -0.638. The van der Waals surface area contributed by atoms with Crippen LogP contribution in [0.15, 0.2) is 59.7 Å². The summed E-state index contributed by atoms with van der Waals surface area (Å²) in [6.07, 6.45) is 1.38. The van der Waals surface area contributed by atoms with Crippen LogP contribution in [0.25, 0.3) is 0 Å². The lowest BCUT2D eigenvalue weighted by Gasteiger charge is -2.14. The van der Waals surface area contributed by atoms with Crippen molar-refractivity contribution in [1.82, 2.24) is 5.43 Å². The average Bonchev–Trinajstić information content (AvgIpc) is 2.89. The molecule has 0 aromatic heterocycles. The molecule has 0 radical (unpaired) electrons. The Morgan fingerprint density at radius 3 is 2.19 bits per heavy atom. The molecule has 0 aliphatic carbocycles. The Morgan fingerprint density at radius 2 is 1.53 bits per heavy atom. The largest absolute Gasteiger partial charge is 0.493 e. The van der Waals surface area contributed by atoms with Crippen LogP contribution in [0.3, 0.4) is 0 Å². The van der Waals surface area contributed by atoms with E-state index in [0.29, 0.717) is 28.6 Å². The molecular formula is C27H28N2O7. The van der Waals surface area contributed by atoms with Gasteiger partial charge < -0.3 is 23.7 Å². The Bertz CT molecular complexity index is 1250. The van der Waals surface area contributed by atoms with Gasteiger partial charge in [0.25, 0.3) is 5.91 Å². The Kier molecular flexibility index (Phi) is 8.88. The van der Waals surface area contributed by atoms with Crippen molar-refractivity contribution in [3.63, 3.8) is 0 Å². The van der Waals surface area contributed by atoms with Crippen LogP contribution in [0.4, 0.5) is 0 Å². The molecule has 0 bridgehead atoms. The van der Waals surface area contributed by atoms with E-state index in [0.717, 1.165) is 11.1 Å². The van der Waals surface area contributed by atoms with Crippen molar-refractivity contribution < 1.29 is 33.3 Å². The molecule has 0 aliphatic heterocycles. The molecule has 0 spiro atoms. The highest BCUT2D eigenvalue weighted by molar-refractivity contribution is 5.94. The van der Waals surface area contributed by atoms with Crippen molar-refractivity contribution in [2.45, 2.75) is 13.8 Å². The summed E-state index contributed by atoms with van der Waals surface area (Å²) < 4.78 is 27.0. The normalized spacial score (nSPS) is 10.6. The highest BCUT2D eigenvalue weighted by Crippen LogP contribution is 2.38. The second kappa shape index (κ2) is 12.3. The summed E-state index contributed by atoms with van der Waals surface area (Å²) in [5.74, 6) is 0.828. The first kappa shape index (κ1) is 26.1. The van der Waals surface area contributed by atoms with Crippen molar-refractivity contribution in [1.29, 1.82) is 0 Å². The number of benzene rings is 3. The quantitative estimate of drug-likeness (QED) is 0.197. The number of amides is 1. The average molecular weight is 493 g/mol. The topological polar surface area (TPSA) is 105 Å². The highest BCUT2D eigenvalue weighted by Gasteiger charge is 2.19. The number of hydrazone groups is 1. The van der Waals surface area contributed by atoms with E-state index < -0.39 is 11.9 Å². The number of ether oxygens (including phenoxy) is 5. The van der Waals surface area contributed by atoms with Gasteiger partial charge in [-0.2, -0.15) is 5.10 Å². The molecule has 1 N–H and O–H groups in total. The number of aryl methyl sites for hydroxylation is 1. The van der Waals surface area contributed by atoms with Gasteiger partial charge in [-0.15, -0.1) is 0 Å². The Balaban J connectivity index is 1.67. The first-order valence-corrected chi connectivity index (χ1v) is 11.0. The van der Waals surface area contributed by atoms with E-state index >= 15 is 0 Å². The van der Waals surface area contributed by atoms with Gasteiger partial charge in [0.2, 0.25) is 5.75 Å². The fourth-order valence-corrected chi connectivity index (χ4v) is 3.27. The minimum absolute atomic E-state index is 0.195. The lowest BCUT2D eigenvalue weighted by atomic mass is 10.1. The fraction of sp³-hybridized carbons (Fsp3) is 0.222. The van der Waals surface area contributed by atoms with Gasteiger partial charge in [0, 0.05) is 5.56 Å². The lowest BCUT2D eigenvalue weighted by Crippen LogP contribution is -2.24. The number of hydrogen-bond donors (Lipinski definition) is 1. The van der Waals surface area contributed by atoms with Crippen LogP contribution < -0.4 is 29.1 Å². The standard InChI is InChI=1S/C27H28N2O7/c1-17-9-8-12-21(18(17)2)35-16-25(30)29-28-15-19-10-6-7-11-22(19)36-27(31)20-13-23(32-3)26(34-5)24(14-20)33-4/h6-15H,16H2,1-5H3,(H,29,30)/b28-15-. The Labute approximate surface area is 209 Å². The van der Waals surface area contributed by atoms with Crippen LogP contribution in [0.5, 0.6) is 28.7 Å². The molecular weight excluding hydrogens is 464 g/mol. The van der Waals surface area contributed by atoms with Crippen molar-refractivity contribution in [2.75, 3.05) is 27.9 Å². The number of nitrogens with zero attached hydrogens (tertiary/aromatic N) is 1. The maximum absolute atomic E-state index is 12.9. The molecule has 3 aromatic rings. The molecule has 3 aromatic carbocycles. The molecule has 9 nitrogen and oxygen atoms in total. The van der Waals surface area contributed by atoms with E-state index in [1.807, 2.05) is 26.0 Å². The molecule has 1 amide bonds. The molecule has 0 unspecified atom stereocenters. The summed E-state index contributed by atoms with van der Waals surface area (Å²) in [5, 5.41) is 3.96. The van der Waals surface area contributed by atoms with Gasteiger partial charge in [-0.05, 0) is 55.3 Å². The second-order valence-corrected chi connectivity index (χ2v) is 7.62. The third-order valence-electron chi connectivity index (χ3n) is 5.33. The first-order chi connectivity index (χ1) is 17.4. The maximum Gasteiger partial charge on any atom is 0.343 e. The number of para-hydroxylation sites is 1. The molecule has 0 atom stereocenters. The molecule has 0 fully saturated rings. The van der Waals surface area contributed by atoms with Gasteiger partial charge in [-0.3, -0.25) is 4.79 Å². The number of nitrogens with one attached hydrogen (secondary N) is 1. The second-order valence-electron chi connectivity index (χ2n) is 7.62. The smallest absolute Gasteiger partial charge is 0.343 e. The number of rotatable bonds is 10. The molecule has 188 valence electrons. The predicted molar refractivity (Wildman–Crippen MR) is 135 cm³/mol. The summed E-state index contributed by atoms with van der Waals surface area (Å²) in [5.41, 5.74) is 5.13. The van der Waals surface area contributed by atoms with Crippen LogP contribution in [0.2, 0.25) is 0 Å². The molecule has 0 aliphatic rings. The van der Waals surface area contributed by atoms with Crippen LogP contribution in [0.1, 0.15) is 27.0 Å². The number of methoxy groups -OCH3 is 3. The molecule has 0 saturated heterocycles. The highest BCUT2D eigenvalue weighted by atomic mass is 16.5. The summed E-state index contributed by atoms with van der Waals surface area (Å²) >= 11 is 0. The Morgan fingerprint density at radius 1 is 0.861 bits per heavy atom. The third-order valence-corrected chi connectivity index (χ3v) is 5.33. The molecule has 0 saturated carbocycles. The van der Waals surface area contributed by atoms with E-state index in [9.17, 15) is 9.59 Å².